The third-order valence-corrected chi connectivity index (χ3v) is 4.69. The molecule has 0 aromatic heterocycles. The van der Waals surface area contributed by atoms with E-state index < -0.39 is 0 Å². The van der Waals surface area contributed by atoms with E-state index in [1.54, 1.807) is 0 Å². The second-order valence-electron chi connectivity index (χ2n) is 7.69. The summed E-state index contributed by atoms with van der Waals surface area (Å²) >= 11 is 0. The first-order valence-electron chi connectivity index (χ1n) is 8.63. The lowest BCUT2D eigenvalue weighted by molar-refractivity contribution is 0.388. The number of aromatic hydroxyl groups is 1. The molecule has 0 aliphatic heterocycles. The molecule has 1 N–H and O–H groups in total. The van der Waals surface area contributed by atoms with Gasteiger partial charge in [-0.25, -0.2) is 0 Å². The molecule has 0 bridgehead atoms. The Morgan fingerprint density at radius 1 is 1.00 bits per heavy atom. The van der Waals surface area contributed by atoms with Crippen molar-refractivity contribution in [2.24, 2.45) is 0 Å². The van der Waals surface area contributed by atoms with Gasteiger partial charge in [0, 0.05) is 17.2 Å². The van der Waals surface area contributed by atoms with Gasteiger partial charge in [-0.1, -0.05) is 54.4 Å². The highest BCUT2D eigenvalue weighted by atomic mass is 16.3. The number of phenolic OH excluding ortho intramolecular Hbond substituents is 1. The maximum Gasteiger partial charge on any atom is 0.123 e. The Morgan fingerprint density at radius 3 is 1.78 bits per heavy atom. The average molecular weight is 313 g/mol. The van der Waals surface area contributed by atoms with Gasteiger partial charge in [-0.15, -0.1) is 0 Å². The maximum atomic E-state index is 11.0. The lowest BCUT2D eigenvalue weighted by Gasteiger charge is -2.32. The number of nitrogens with zero attached hydrogens (tertiary/aromatic N) is 1. The van der Waals surface area contributed by atoms with Gasteiger partial charge in [0.2, 0.25) is 0 Å². The Balaban J connectivity index is 3.58. The van der Waals surface area contributed by atoms with Gasteiger partial charge in [-0.05, 0) is 47.4 Å². The Morgan fingerprint density at radius 2 is 1.43 bits per heavy atom. The molecule has 23 heavy (non-hydrogen) atoms. The normalized spacial score (nSPS) is 12.6. The van der Waals surface area contributed by atoms with Crippen molar-refractivity contribution in [1.82, 2.24) is 0 Å². The molecule has 1 aromatic rings. The van der Waals surface area contributed by atoms with Gasteiger partial charge >= 0.3 is 0 Å². The van der Waals surface area contributed by atoms with Crippen molar-refractivity contribution in [1.29, 1.82) is 5.26 Å². The number of nitriles is 1. The summed E-state index contributed by atoms with van der Waals surface area (Å²) in [6.07, 6.45) is 7.49. The van der Waals surface area contributed by atoms with Crippen LogP contribution in [0.2, 0.25) is 0 Å². The topological polar surface area (TPSA) is 44.0 Å². The van der Waals surface area contributed by atoms with Crippen LogP contribution < -0.4 is 0 Å². The Labute approximate surface area is 141 Å². The molecule has 0 aliphatic rings. The van der Waals surface area contributed by atoms with E-state index in [2.05, 4.69) is 47.6 Å². The third kappa shape index (κ3) is 4.61. The summed E-state index contributed by atoms with van der Waals surface area (Å²) in [5.74, 6) is 0.427. The summed E-state index contributed by atoms with van der Waals surface area (Å²) in [6, 6.07) is 6.12. The minimum Gasteiger partial charge on any atom is -0.507 e. The summed E-state index contributed by atoms with van der Waals surface area (Å²) in [6.45, 7) is 13.1. The van der Waals surface area contributed by atoms with Gasteiger partial charge in [0.25, 0.3) is 0 Å². The SMILES string of the molecule is CCCC(C)(C)c1cc(/C=C/C#N)cc(C(C)(C)CCC)c1O. The second-order valence-corrected chi connectivity index (χ2v) is 7.69. The van der Waals surface area contributed by atoms with E-state index in [1.165, 1.54) is 6.08 Å². The standard InChI is InChI=1S/C21H31NO/c1-7-11-20(3,4)17-14-16(10-9-13-22)15-18(19(17)23)21(5,6)12-8-2/h9-10,14-15,23H,7-8,11-12H2,1-6H3/b10-9+. The van der Waals surface area contributed by atoms with Crippen LogP contribution in [0.5, 0.6) is 5.75 Å². The van der Waals surface area contributed by atoms with E-state index in [4.69, 9.17) is 5.26 Å². The van der Waals surface area contributed by atoms with Crippen LogP contribution in [-0.4, -0.2) is 5.11 Å². The van der Waals surface area contributed by atoms with Gasteiger partial charge in [-0.2, -0.15) is 5.26 Å². The van der Waals surface area contributed by atoms with Crippen molar-refractivity contribution in [2.75, 3.05) is 0 Å². The lowest BCUT2D eigenvalue weighted by atomic mass is 9.73. The van der Waals surface area contributed by atoms with Crippen LogP contribution in [0.15, 0.2) is 18.2 Å². The molecular weight excluding hydrogens is 282 g/mol. The van der Waals surface area contributed by atoms with Crippen LogP contribution in [0.4, 0.5) is 0 Å². The number of rotatable bonds is 7. The fraction of sp³-hybridized carbons (Fsp3) is 0.571. The molecule has 0 saturated heterocycles. The Kier molecular flexibility index (Phi) is 6.45. The minimum absolute atomic E-state index is 0.0909. The summed E-state index contributed by atoms with van der Waals surface area (Å²) < 4.78 is 0. The first-order valence-corrected chi connectivity index (χ1v) is 8.63. The van der Waals surface area contributed by atoms with Crippen molar-refractivity contribution in [2.45, 2.75) is 78.1 Å². The van der Waals surface area contributed by atoms with E-state index >= 15 is 0 Å². The lowest BCUT2D eigenvalue weighted by Crippen LogP contribution is -2.22. The monoisotopic (exact) mass is 313 g/mol. The molecule has 126 valence electrons. The van der Waals surface area contributed by atoms with Crippen molar-refractivity contribution in [3.05, 3.63) is 34.9 Å². The molecular formula is C21H31NO. The molecule has 0 spiro atoms. The van der Waals surface area contributed by atoms with Crippen molar-refractivity contribution in [3.8, 4) is 11.8 Å². The summed E-state index contributed by atoms with van der Waals surface area (Å²) in [7, 11) is 0. The molecule has 0 heterocycles. The minimum atomic E-state index is -0.0909. The molecule has 0 amide bonds. The fourth-order valence-corrected chi connectivity index (χ4v) is 3.44. The first kappa shape index (κ1) is 19.3. The van der Waals surface area contributed by atoms with Crippen molar-refractivity contribution in [3.63, 3.8) is 0 Å². The maximum absolute atomic E-state index is 11.0. The Hall–Kier alpha value is -1.75. The highest BCUT2D eigenvalue weighted by Crippen LogP contribution is 2.43. The van der Waals surface area contributed by atoms with Gasteiger partial charge in [0.1, 0.15) is 5.75 Å². The molecule has 0 fully saturated rings. The van der Waals surface area contributed by atoms with Gasteiger partial charge in [0.05, 0.1) is 6.07 Å². The smallest absolute Gasteiger partial charge is 0.123 e. The predicted octanol–water partition coefficient (Wildman–Crippen LogP) is 6.08. The summed E-state index contributed by atoms with van der Waals surface area (Å²) in [5.41, 5.74) is 2.78. The van der Waals surface area contributed by atoms with E-state index in [1.807, 2.05) is 18.2 Å². The molecule has 2 nitrogen and oxygen atoms in total. The zero-order valence-electron chi connectivity index (χ0n) is 15.5. The predicted molar refractivity (Wildman–Crippen MR) is 98.6 cm³/mol. The molecule has 1 aromatic carbocycles. The fourth-order valence-electron chi connectivity index (χ4n) is 3.44. The van der Waals surface area contributed by atoms with Gasteiger partial charge in [0.15, 0.2) is 0 Å². The van der Waals surface area contributed by atoms with Crippen LogP contribution in [0, 0.1) is 11.3 Å². The quantitative estimate of drug-likeness (QED) is 0.619. The van der Waals surface area contributed by atoms with Crippen LogP contribution in [0.1, 0.15) is 83.9 Å². The van der Waals surface area contributed by atoms with Crippen LogP contribution >= 0.6 is 0 Å². The molecule has 0 aliphatic carbocycles. The van der Waals surface area contributed by atoms with Crippen LogP contribution in [-0.2, 0) is 10.8 Å². The molecule has 0 atom stereocenters. The van der Waals surface area contributed by atoms with Gasteiger partial charge < -0.3 is 5.11 Å². The molecule has 0 radical (unpaired) electrons. The number of phenols is 1. The third-order valence-electron chi connectivity index (χ3n) is 4.69. The number of benzene rings is 1. The average Bonchev–Trinajstić information content (AvgIpc) is 2.45. The van der Waals surface area contributed by atoms with Crippen molar-refractivity contribution < 1.29 is 5.11 Å². The van der Waals surface area contributed by atoms with E-state index in [-0.39, 0.29) is 10.8 Å². The number of hydrogen-bond acceptors (Lipinski definition) is 2. The number of hydrogen-bond donors (Lipinski definition) is 1. The van der Waals surface area contributed by atoms with Crippen molar-refractivity contribution >= 4 is 6.08 Å². The zero-order chi connectivity index (χ0) is 17.7. The van der Waals surface area contributed by atoms with Gasteiger partial charge in [-0.3, -0.25) is 0 Å². The zero-order valence-corrected chi connectivity index (χ0v) is 15.5. The van der Waals surface area contributed by atoms with Crippen LogP contribution in [0.3, 0.4) is 0 Å². The summed E-state index contributed by atoms with van der Waals surface area (Å²) in [4.78, 5) is 0. The summed E-state index contributed by atoms with van der Waals surface area (Å²) in [5, 5.41) is 19.8. The first-order chi connectivity index (χ1) is 10.7. The largest absolute Gasteiger partial charge is 0.507 e. The van der Waals surface area contributed by atoms with E-state index in [9.17, 15) is 5.11 Å². The number of allylic oxidation sites excluding steroid dienone is 1. The molecule has 0 unspecified atom stereocenters. The van der Waals surface area contributed by atoms with E-state index in [0.29, 0.717) is 5.75 Å². The van der Waals surface area contributed by atoms with Crippen LogP contribution in [0.25, 0.3) is 6.08 Å². The Bertz CT molecular complexity index is 564. The highest BCUT2D eigenvalue weighted by molar-refractivity contribution is 5.60. The second kappa shape index (κ2) is 7.68. The van der Waals surface area contributed by atoms with E-state index in [0.717, 1.165) is 42.4 Å². The molecule has 0 saturated carbocycles. The molecule has 1 rings (SSSR count). The highest BCUT2D eigenvalue weighted by Gasteiger charge is 2.30. The molecule has 2 heteroatoms.